The summed E-state index contributed by atoms with van der Waals surface area (Å²) in [5, 5.41) is 7.94. The Labute approximate surface area is 163 Å². The average molecular weight is 403 g/mol. The second kappa shape index (κ2) is 8.36. The zero-order valence-electron chi connectivity index (χ0n) is 15.7. The van der Waals surface area contributed by atoms with E-state index in [0.29, 0.717) is 30.0 Å². The molecule has 0 fully saturated rings. The summed E-state index contributed by atoms with van der Waals surface area (Å²) in [6.45, 7) is 4.15. The first-order valence-electron chi connectivity index (χ1n) is 8.63. The number of ether oxygens (including phenoxy) is 2. The Bertz CT molecular complexity index is 1020. The third-order valence-electron chi connectivity index (χ3n) is 3.96. The van der Waals surface area contributed by atoms with Crippen LogP contribution in [0.25, 0.3) is 0 Å². The van der Waals surface area contributed by atoms with Gasteiger partial charge in [-0.1, -0.05) is 11.2 Å². The molecule has 0 bridgehead atoms. The lowest BCUT2D eigenvalue weighted by Gasteiger charge is -2.15. The molecule has 10 heteroatoms. The summed E-state index contributed by atoms with van der Waals surface area (Å²) in [5.74, 6) is 1.39. The molecule has 2 heterocycles. The second-order valence-electron chi connectivity index (χ2n) is 5.87. The molecular formula is C18H21N5O4S. The lowest BCUT2D eigenvalue weighted by atomic mass is 10.3. The highest BCUT2D eigenvalue weighted by Gasteiger charge is 2.23. The van der Waals surface area contributed by atoms with Gasteiger partial charge in [-0.15, -0.1) is 5.10 Å². The fraction of sp³-hybridized carbons (Fsp3) is 0.278. The normalized spacial score (nSPS) is 12.5. The summed E-state index contributed by atoms with van der Waals surface area (Å²) in [7, 11) is -2.27. The highest BCUT2D eigenvalue weighted by Crippen LogP contribution is 2.23. The van der Waals surface area contributed by atoms with Crippen molar-refractivity contribution < 1.29 is 17.9 Å². The van der Waals surface area contributed by atoms with Crippen molar-refractivity contribution in [1.82, 2.24) is 24.5 Å². The Kier molecular flexibility index (Phi) is 5.90. The summed E-state index contributed by atoms with van der Waals surface area (Å²) in [4.78, 5) is 4.18. The number of aromatic nitrogens is 4. The first-order valence-corrected chi connectivity index (χ1v) is 10.1. The lowest BCUT2D eigenvalue weighted by molar-refractivity contribution is 0.354. The van der Waals surface area contributed by atoms with Gasteiger partial charge in [0, 0.05) is 18.8 Å². The van der Waals surface area contributed by atoms with Gasteiger partial charge in [-0.2, -0.15) is 0 Å². The zero-order valence-corrected chi connectivity index (χ0v) is 16.5. The molecule has 0 aliphatic rings. The zero-order chi connectivity index (χ0) is 20.1. The topological polar surface area (TPSA) is 108 Å². The van der Waals surface area contributed by atoms with Crippen LogP contribution in [0.15, 0.2) is 53.6 Å². The van der Waals surface area contributed by atoms with Crippen LogP contribution in [0.4, 0.5) is 0 Å². The first-order chi connectivity index (χ1) is 13.4. The van der Waals surface area contributed by atoms with E-state index in [1.807, 2.05) is 6.92 Å². The molecule has 0 aliphatic heterocycles. The minimum atomic E-state index is -3.76. The van der Waals surface area contributed by atoms with Crippen molar-refractivity contribution in [3.05, 3.63) is 54.5 Å². The SMILES string of the molecule is CCn1c(OC)nnc1[C@@H](C)NS(=O)(=O)c1ccc(Oc2ccccn2)cc1. The highest BCUT2D eigenvalue weighted by atomic mass is 32.2. The highest BCUT2D eigenvalue weighted by molar-refractivity contribution is 7.89. The molecule has 3 rings (SSSR count). The summed E-state index contributed by atoms with van der Waals surface area (Å²) in [6, 6.07) is 11.1. The maximum absolute atomic E-state index is 12.7. The van der Waals surface area contributed by atoms with E-state index >= 15 is 0 Å². The Hall–Kier alpha value is -2.98. The molecule has 9 nitrogen and oxygen atoms in total. The van der Waals surface area contributed by atoms with E-state index < -0.39 is 16.1 Å². The quantitative estimate of drug-likeness (QED) is 0.616. The van der Waals surface area contributed by atoms with Gasteiger partial charge < -0.3 is 9.47 Å². The molecule has 0 saturated carbocycles. The third kappa shape index (κ3) is 4.29. The number of methoxy groups -OCH3 is 1. The number of rotatable bonds is 8. The standard InChI is InChI=1S/C18H21N5O4S/c1-4-23-17(20-21-18(23)26-3)13(2)22-28(24,25)15-10-8-14(9-11-15)27-16-7-5-6-12-19-16/h5-13,22H,4H2,1-3H3/t13-/m1/s1. The third-order valence-corrected chi connectivity index (χ3v) is 5.51. The lowest BCUT2D eigenvalue weighted by Crippen LogP contribution is -2.29. The summed E-state index contributed by atoms with van der Waals surface area (Å²) >= 11 is 0. The van der Waals surface area contributed by atoms with Crippen LogP contribution in [0, 0.1) is 0 Å². The molecule has 3 aromatic rings. The second-order valence-corrected chi connectivity index (χ2v) is 7.59. The Morgan fingerprint density at radius 3 is 2.50 bits per heavy atom. The maximum Gasteiger partial charge on any atom is 0.316 e. The fourth-order valence-corrected chi connectivity index (χ4v) is 3.84. The minimum absolute atomic E-state index is 0.113. The van der Waals surface area contributed by atoms with E-state index in [1.165, 1.54) is 19.2 Å². The fourth-order valence-electron chi connectivity index (χ4n) is 2.64. The summed E-state index contributed by atoms with van der Waals surface area (Å²) in [5.41, 5.74) is 0. The molecule has 1 atom stereocenters. The predicted octanol–water partition coefficient (Wildman–Crippen LogP) is 2.53. The first kappa shape index (κ1) is 19.8. The largest absolute Gasteiger partial charge is 0.467 e. The molecule has 0 unspecified atom stereocenters. The van der Waals surface area contributed by atoms with Crippen LogP contribution < -0.4 is 14.2 Å². The van der Waals surface area contributed by atoms with E-state index in [0.717, 1.165) is 0 Å². The van der Waals surface area contributed by atoms with Crippen LogP contribution >= 0.6 is 0 Å². The van der Waals surface area contributed by atoms with E-state index in [-0.39, 0.29) is 4.90 Å². The maximum atomic E-state index is 12.7. The Morgan fingerprint density at radius 1 is 1.14 bits per heavy atom. The molecular weight excluding hydrogens is 382 g/mol. The van der Waals surface area contributed by atoms with Gasteiger partial charge in [0.15, 0.2) is 5.82 Å². The number of benzene rings is 1. The van der Waals surface area contributed by atoms with Crippen molar-refractivity contribution in [2.75, 3.05) is 7.11 Å². The van der Waals surface area contributed by atoms with E-state index in [4.69, 9.17) is 9.47 Å². The average Bonchev–Trinajstić information content (AvgIpc) is 3.12. The number of hydrogen-bond acceptors (Lipinski definition) is 7. The minimum Gasteiger partial charge on any atom is -0.467 e. The molecule has 1 aromatic carbocycles. The number of nitrogens with zero attached hydrogens (tertiary/aromatic N) is 4. The monoisotopic (exact) mass is 403 g/mol. The number of hydrogen-bond donors (Lipinski definition) is 1. The summed E-state index contributed by atoms with van der Waals surface area (Å²) in [6.07, 6.45) is 1.61. The molecule has 0 spiro atoms. The van der Waals surface area contributed by atoms with Crippen LogP contribution in [0.2, 0.25) is 0 Å². The van der Waals surface area contributed by atoms with Crippen molar-refractivity contribution in [1.29, 1.82) is 0 Å². The molecule has 148 valence electrons. The van der Waals surface area contributed by atoms with Crippen molar-refractivity contribution >= 4 is 10.0 Å². The molecule has 0 amide bonds. The van der Waals surface area contributed by atoms with Gasteiger partial charge in [-0.25, -0.2) is 18.1 Å². The van der Waals surface area contributed by atoms with Crippen molar-refractivity contribution in [3.63, 3.8) is 0 Å². The summed E-state index contributed by atoms with van der Waals surface area (Å²) < 4.78 is 40.4. The van der Waals surface area contributed by atoms with E-state index in [2.05, 4.69) is 19.9 Å². The van der Waals surface area contributed by atoms with Crippen molar-refractivity contribution in [2.45, 2.75) is 31.3 Å². The van der Waals surface area contributed by atoms with Crippen LogP contribution in [0.1, 0.15) is 25.7 Å². The Balaban J connectivity index is 1.74. The van der Waals surface area contributed by atoms with Gasteiger partial charge >= 0.3 is 6.01 Å². The predicted molar refractivity (Wildman–Crippen MR) is 102 cm³/mol. The number of pyridine rings is 1. The molecule has 0 saturated heterocycles. The van der Waals surface area contributed by atoms with Crippen molar-refractivity contribution in [2.24, 2.45) is 0 Å². The van der Waals surface area contributed by atoms with E-state index in [1.54, 1.807) is 48.0 Å². The Morgan fingerprint density at radius 2 is 1.89 bits per heavy atom. The smallest absolute Gasteiger partial charge is 0.316 e. The number of sulfonamides is 1. The van der Waals surface area contributed by atoms with Gasteiger partial charge in [-0.05, 0) is 44.2 Å². The van der Waals surface area contributed by atoms with Gasteiger partial charge in [0.2, 0.25) is 15.9 Å². The van der Waals surface area contributed by atoms with Gasteiger partial charge in [0.25, 0.3) is 0 Å². The molecule has 2 aromatic heterocycles. The van der Waals surface area contributed by atoms with E-state index in [9.17, 15) is 8.42 Å². The van der Waals surface area contributed by atoms with Gasteiger partial charge in [-0.3, -0.25) is 4.57 Å². The van der Waals surface area contributed by atoms with Crippen LogP contribution in [-0.2, 0) is 16.6 Å². The number of nitrogens with one attached hydrogen (secondary N) is 1. The van der Waals surface area contributed by atoms with Gasteiger partial charge in [0.1, 0.15) is 5.75 Å². The molecule has 0 radical (unpaired) electrons. The molecule has 28 heavy (non-hydrogen) atoms. The van der Waals surface area contributed by atoms with Crippen LogP contribution in [-0.4, -0.2) is 35.3 Å². The van der Waals surface area contributed by atoms with Gasteiger partial charge in [0.05, 0.1) is 18.0 Å². The van der Waals surface area contributed by atoms with Crippen molar-refractivity contribution in [3.8, 4) is 17.6 Å². The van der Waals surface area contributed by atoms with Crippen LogP contribution in [0.5, 0.6) is 17.6 Å². The molecule has 0 aliphatic carbocycles. The van der Waals surface area contributed by atoms with Crippen LogP contribution in [0.3, 0.4) is 0 Å². The molecule has 1 N–H and O–H groups in total.